The van der Waals surface area contributed by atoms with Gasteiger partial charge in [-0.25, -0.2) is 8.42 Å². The topological polar surface area (TPSA) is 84.9 Å². The third kappa shape index (κ3) is 5.89. The summed E-state index contributed by atoms with van der Waals surface area (Å²) in [5.41, 5.74) is 1.79. The minimum absolute atomic E-state index is 0.187. The molecule has 2 aromatic rings. The first kappa shape index (κ1) is 20.6. The monoisotopic (exact) mass is 392 g/mol. The first-order valence-corrected chi connectivity index (χ1v) is 10.2. The number of carbonyl (C=O) groups is 1. The van der Waals surface area contributed by atoms with Crippen molar-refractivity contribution >= 4 is 21.6 Å². The highest BCUT2D eigenvalue weighted by molar-refractivity contribution is 7.92. The molecule has 0 saturated carbocycles. The van der Waals surface area contributed by atoms with Gasteiger partial charge >= 0.3 is 0 Å². The van der Waals surface area contributed by atoms with Gasteiger partial charge in [-0.15, -0.1) is 0 Å². The van der Waals surface area contributed by atoms with E-state index in [0.29, 0.717) is 35.7 Å². The van der Waals surface area contributed by atoms with Crippen molar-refractivity contribution in [1.29, 1.82) is 0 Å². The molecule has 0 unspecified atom stereocenters. The summed E-state index contributed by atoms with van der Waals surface area (Å²) in [5, 5.41) is 0. The summed E-state index contributed by atoms with van der Waals surface area (Å²) in [4.78, 5) is 14.2. The van der Waals surface area contributed by atoms with Crippen LogP contribution in [0.4, 0.5) is 5.69 Å². The Morgan fingerprint density at radius 1 is 1.07 bits per heavy atom. The number of hydrogen-bond acceptors (Lipinski definition) is 5. The smallest absolute Gasteiger partial charge is 0.253 e. The summed E-state index contributed by atoms with van der Waals surface area (Å²) in [7, 11) is 1.47. The average molecular weight is 392 g/mol. The predicted molar refractivity (Wildman–Crippen MR) is 105 cm³/mol. The van der Waals surface area contributed by atoms with E-state index in [1.54, 1.807) is 44.4 Å². The molecule has 0 radical (unpaired) electrons. The fourth-order valence-corrected chi connectivity index (χ4v) is 3.14. The third-order valence-corrected chi connectivity index (χ3v) is 4.55. The molecule has 2 rings (SSSR count). The van der Waals surface area contributed by atoms with E-state index in [4.69, 9.17) is 9.47 Å². The maximum absolute atomic E-state index is 12.6. The molecule has 146 valence electrons. The Labute approximate surface area is 160 Å². The zero-order chi connectivity index (χ0) is 20.0. The largest absolute Gasteiger partial charge is 0.493 e. The molecule has 7 nitrogen and oxygen atoms in total. The van der Waals surface area contributed by atoms with Crippen molar-refractivity contribution < 1.29 is 22.7 Å². The summed E-state index contributed by atoms with van der Waals surface area (Å²) in [5.74, 6) is 1.11. The van der Waals surface area contributed by atoms with Crippen molar-refractivity contribution in [1.82, 2.24) is 4.90 Å². The minimum atomic E-state index is -3.40. The molecule has 0 aliphatic carbocycles. The van der Waals surface area contributed by atoms with Gasteiger partial charge < -0.3 is 14.4 Å². The van der Waals surface area contributed by atoms with Crippen LogP contribution in [0.5, 0.6) is 11.5 Å². The third-order valence-electron chi connectivity index (χ3n) is 3.94. The molecule has 8 heteroatoms. The van der Waals surface area contributed by atoms with E-state index >= 15 is 0 Å². The van der Waals surface area contributed by atoms with Gasteiger partial charge in [-0.05, 0) is 42.3 Å². The van der Waals surface area contributed by atoms with Gasteiger partial charge in [0.2, 0.25) is 10.0 Å². The molecule has 1 amide bonds. The van der Waals surface area contributed by atoms with Crippen LogP contribution in [0.2, 0.25) is 0 Å². The molecular formula is C19H24N2O5S. The van der Waals surface area contributed by atoms with Gasteiger partial charge in [0.25, 0.3) is 5.91 Å². The summed E-state index contributed by atoms with van der Waals surface area (Å²) in [6.07, 6.45) is 1.71. The number of nitrogens with one attached hydrogen (secondary N) is 1. The van der Waals surface area contributed by atoms with Gasteiger partial charge in [0.05, 0.1) is 20.5 Å². The number of nitrogens with zero attached hydrogens (tertiary/aromatic N) is 1. The van der Waals surface area contributed by atoms with Gasteiger partial charge in [-0.1, -0.05) is 12.1 Å². The van der Waals surface area contributed by atoms with Crippen LogP contribution in [0.15, 0.2) is 42.5 Å². The maximum atomic E-state index is 12.6. The van der Waals surface area contributed by atoms with Gasteiger partial charge in [-0.2, -0.15) is 0 Å². The molecule has 0 bridgehead atoms. The van der Waals surface area contributed by atoms with E-state index in [1.807, 2.05) is 18.2 Å². The van der Waals surface area contributed by atoms with Crippen LogP contribution in [0.3, 0.4) is 0 Å². The van der Waals surface area contributed by atoms with Crippen LogP contribution < -0.4 is 14.2 Å². The molecule has 2 aromatic carbocycles. The summed E-state index contributed by atoms with van der Waals surface area (Å²) in [6, 6.07) is 12.1. The van der Waals surface area contributed by atoms with Gasteiger partial charge in [-0.3, -0.25) is 9.52 Å². The summed E-state index contributed by atoms with van der Waals surface area (Å²) < 4.78 is 35.6. The van der Waals surface area contributed by atoms with Gasteiger partial charge in [0, 0.05) is 24.8 Å². The molecule has 1 N–H and O–H groups in total. The van der Waals surface area contributed by atoms with Crippen molar-refractivity contribution in [2.45, 2.75) is 6.42 Å². The number of hydrogen-bond donors (Lipinski definition) is 1. The van der Waals surface area contributed by atoms with Crippen molar-refractivity contribution in [3.05, 3.63) is 53.6 Å². The molecule has 0 spiro atoms. The normalized spacial score (nSPS) is 11.0. The number of carbonyl (C=O) groups excluding carboxylic acids is 1. The number of methoxy groups -OCH3 is 2. The van der Waals surface area contributed by atoms with E-state index in [9.17, 15) is 13.2 Å². The number of anilines is 1. The van der Waals surface area contributed by atoms with Crippen LogP contribution in [0, 0.1) is 0 Å². The van der Waals surface area contributed by atoms with E-state index in [2.05, 4.69) is 4.72 Å². The second-order valence-corrected chi connectivity index (χ2v) is 7.87. The Morgan fingerprint density at radius 2 is 1.78 bits per heavy atom. The second kappa shape index (κ2) is 8.77. The van der Waals surface area contributed by atoms with E-state index < -0.39 is 10.0 Å². The Bertz CT molecular complexity index is 912. The Balaban J connectivity index is 2.05. The first-order valence-electron chi connectivity index (χ1n) is 8.27. The lowest BCUT2D eigenvalue weighted by molar-refractivity contribution is 0.0796. The molecule has 27 heavy (non-hydrogen) atoms. The van der Waals surface area contributed by atoms with E-state index in [1.165, 1.54) is 6.07 Å². The Hall–Kier alpha value is -2.74. The van der Waals surface area contributed by atoms with Crippen LogP contribution in [-0.2, 0) is 16.4 Å². The first-order chi connectivity index (χ1) is 12.7. The lowest BCUT2D eigenvalue weighted by Crippen LogP contribution is -2.29. The number of sulfonamides is 1. The molecule has 0 saturated heterocycles. The fourth-order valence-electron chi connectivity index (χ4n) is 2.58. The average Bonchev–Trinajstić information content (AvgIpc) is 2.64. The lowest BCUT2D eigenvalue weighted by Gasteiger charge is -2.18. The van der Waals surface area contributed by atoms with E-state index in [0.717, 1.165) is 11.8 Å². The molecule has 0 aromatic heterocycles. The van der Waals surface area contributed by atoms with Crippen molar-refractivity contribution in [2.24, 2.45) is 0 Å². The Kier molecular flexibility index (Phi) is 6.68. The predicted octanol–water partition coefficient (Wildman–Crippen LogP) is 2.39. The van der Waals surface area contributed by atoms with E-state index in [-0.39, 0.29) is 5.91 Å². The maximum Gasteiger partial charge on any atom is 0.253 e. The molecular weight excluding hydrogens is 368 g/mol. The molecule has 0 atom stereocenters. The molecule has 0 heterocycles. The highest BCUT2D eigenvalue weighted by atomic mass is 32.2. The standard InChI is InChI=1S/C19H24N2O5S/c1-21(11-10-14-8-9-17(25-2)18(12-14)26-3)19(22)15-6-5-7-16(13-15)20-27(4,23)24/h5-9,12-13,20H,10-11H2,1-4H3. The summed E-state index contributed by atoms with van der Waals surface area (Å²) in [6.45, 7) is 0.498. The zero-order valence-corrected chi connectivity index (χ0v) is 16.7. The highest BCUT2D eigenvalue weighted by Gasteiger charge is 2.13. The number of rotatable bonds is 8. The van der Waals surface area contributed by atoms with Crippen molar-refractivity contribution in [2.75, 3.05) is 38.8 Å². The number of ether oxygens (including phenoxy) is 2. The number of amides is 1. The van der Waals surface area contributed by atoms with Crippen molar-refractivity contribution in [3.8, 4) is 11.5 Å². The fraction of sp³-hybridized carbons (Fsp3) is 0.316. The Morgan fingerprint density at radius 3 is 2.41 bits per heavy atom. The molecule has 0 fully saturated rings. The zero-order valence-electron chi connectivity index (χ0n) is 15.9. The number of likely N-dealkylation sites (N-methyl/N-ethyl adjacent to an activating group) is 1. The highest BCUT2D eigenvalue weighted by Crippen LogP contribution is 2.27. The van der Waals surface area contributed by atoms with Crippen LogP contribution in [-0.4, -0.2) is 53.3 Å². The van der Waals surface area contributed by atoms with Crippen LogP contribution >= 0.6 is 0 Å². The van der Waals surface area contributed by atoms with Crippen molar-refractivity contribution in [3.63, 3.8) is 0 Å². The van der Waals surface area contributed by atoms with Crippen LogP contribution in [0.25, 0.3) is 0 Å². The SMILES string of the molecule is COc1ccc(CCN(C)C(=O)c2cccc(NS(C)(=O)=O)c2)cc1OC. The lowest BCUT2D eigenvalue weighted by atomic mass is 10.1. The minimum Gasteiger partial charge on any atom is -0.493 e. The molecule has 0 aliphatic rings. The number of benzene rings is 2. The van der Waals surface area contributed by atoms with Crippen LogP contribution in [0.1, 0.15) is 15.9 Å². The summed E-state index contributed by atoms with van der Waals surface area (Å²) >= 11 is 0. The molecule has 0 aliphatic heterocycles. The van der Waals surface area contributed by atoms with Gasteiger partial charge in [0.15, 0.2) is 11.5 Å². The second-order valence-electron chi connectivity index (χ2n) is 6.12. The quantitative estimate of drug-likeness (QED) is 0.746. The van der Waals surface area contributed by atoms with Gasteiger partial charge in [0.1, 0.15) is 0 Å².